The summed E-state index contributed by atoms with van der Waals surface area (Å²) in [6.45, 7) is 11.5. The van der Waals surface area contributed by atoms with Gasteiger partial charge >= 0.3 is 0 Å². The largest absolute Gasteiger partial charge is 0.495 e. The second kappa shape index (κ2) is 11.0. The number of carbonyl (C=O) groups is 1. The van der Waals surface area contributed by atoms with Crippen molar-refractivity contribution in [1.29, 1.82) is 0 Å². The van der Waals surface area contributed by atoms with Crippen LogP contribution in [0, 0.1) is 0 Å². The molecule has 0 saturated carbocycles. The quantitative estimate of drug-likeness (QED) is 0.471. The van der Waals surface area contributed by atoms with Crippen LogP contribution in [-0.4, -0.2) is 36.7 Å². The highest BCUT2D eigenvalue weighted by molar-refractivity contribution is 6.03. The number of pyridine rings is 1. The number of hydrogen-bond acceptors (Lipinski definition) is 5. The summed E-state index contributed by atoms with van der Waals surface area (Å²) in [6.07, 6.45) is 5.31. The number of aromatic nitrogens is 1. The zero-order chi connectivity index (χ0) is 22.1. The molecule has 0 unspecified atom stereocenters. The Balaban J connectivity index is 2.51. The number of anilines is 1. The highest BCUT2D eigenvalue weighted by Gasteiger charge is 2.22. The Hall–Kier alpha value is -2.50. The third-order valence-electron chi connectivity index (χ3n) is 4.69. The first-order chi connectivity index (χ1) is 14.3. The Kier molecular flexibility index (Phi) is 8.75. The number of fused-ring (bicyclic) bond motifs is 1. The van der Waals surface area contributed by atoms with Crippen molar-refractivity contribution in [2.75, 3.05) is 25.6 Å². The van der Waals surface area contributed by atoms with Crippen LogP contribution in [-0.2, 0) is 0 Å². The lowest BCUT2D eigenvalue weighted by molar-refractivity contribution is 0.0914. The van der Waals surface area contributed by atoms with E-state index in [4.69, 9.17) is 14.5 Å². The van der Waals surface area contributed by atoms with Crippen LogP contribution < -0.4 is 20.1 Å². The number of rotatable bonds is 11. The minimum absolute atomic E-state index is 0.184. The van der Waals surface area contributed by atoms with Crippen molar-refractivity contribution >= 4 is 22.5 Å². The molecule has 1 heterocycles. The molecule has 2 N–H and O–H groups in total. The van der Waals surface area contributed by atoms with Gasteiger partial charge in [-0.1, -0.05) is 33.1 Å². The molecule has 6 nitrogen and oxygen atoms in total. The van der Waals surface area contributed by atoms with E-state index >= 15 is 0 Å². The van der Waals surface area contributed by atoms with Crippen LogP contribution in [0.25, 0.3) is 10.9 Å². The van der Waals surface area contributed by atoms with Crippen LogP contribution in [0.5, 0.6) is 11.6 Å². The zero-order valence-electron chi connectivity index (χ0n) is 19.4. The molecule has 2 rings (SSSR count). The SMILES string of the molecule is CCCCCNc1c(OC)ccc2cc(C(=O)NC(C)(C)C)c(OCCCC)nc12. The molecular weight excluding hydrogens is 378 g/mol. The Morgan fingerprint density at radius 3 is 2.47 bits per heavy atom. The Labute approximate surface area is 180 Å². The van der Waals surface area contributed by atoms with Gasteiger partial charge in [0.15, 0.2) is 0 Å². The fraction of sp³-hybridized carbons (Fsp3) is 0.583. The second-order valence-electron chi connectivity index (χ2n) is 8.60. The van der Waals surface area contributed by atoms with E-state index in [1.807, 2.05) is 39.0 Å². The smallest absolute Gasteiger partial charge is 0.257 e. The van der Waals surface area contributed by atoms with E-state index in [-0.39, 0.29) is 11.4 Å². The number of carbonyl (C=O) groups excluding carboxylic acids is 1. The van der Waals surface area contributed by atoms with E-state index in [1.54, 1.807) is 7.11 Å². The molecule has 0 aliphatic carbocycles. The summed E-state index contributed by atoms with van der Waals surface area (Å²) in [4.78, 5) is 17.7. The second-order valence-corrected chi connectivity index (χ2v) is 8.60. The first-order valence-electron chi connectivity index (χ1n) is 11.0. The van der Waals surface area contributed by atoms with Crippen molar-refractivity contribution in [1.82, 2.24) is 10.3 Å². The standard InChI is InChI=1S/C24H37N3O3/c1-7-9-11-14-25-21-19(29-6)13-12-17-16-18(22(28)27-24(3,4)5)23(26-20(17)21)30-15-10-8-2/h12-13,16,25H,7-11,14-15H2,1-6H3,(H,27,28). The molecule has 0 atom stereocenters. The fourth-order valence-corrected chi connectivity index (χ4v) is 3.13. The van der Waals surface area contributed by atoms with Crippen LogP contribution >= 0.6 is 0 Å². The van der Waals surface area contributed by atoms with Gasteiger partial charge in [-0.3, -0.25) is 4.79 Å². The lowest BCUT2D eigenvalue weighted by Crippen LogP contribution is -2.40. The minimum atomic E-state index is -0.349. The normalized spacial score (nSPS) is 11.4. The molecule has 0 aliphatic heterocycles. The van der Waals surface area contributed by atoms with E-state index in [0.717, 1.165) is 61.0 Å². The summed E-state index contributed by atoms with van der Waals surface area (Å²) in [7, 11) is 1.65. The lowest BCUT2D eigenvalue weighted by Gasteiger charge is -2.22. The van der Waals surface area contributed by atoms with Gasteiger partial charge in [0.1, 0.15) is 22.5 Å². The van der Waals surface area contributed by atoms with Crippen LogP contribution in [0.15, 0.2) is 18.2 Å². The third-order valence-corrected chi connectivity index (χ3v) is 4.69. The number of methoxy groups -OCH3 is 1. The molecule has 0 aliphatic rings. The maximum Gasteiger partial charge on any atom is 0.257 e. The highest BCUT2D eigenvalue weighted by atomic mass is 16.5. The summed E-state index contributed by atoms with van der Waals surface area (Å²) in [5.41, 5.74) is 1.70. The topological polar surface area (TPSA) is 72.5 Å². The number of nitrogens with zero attached hydrogens (tertiary/aromatic N) is 1. The van der Waals surface area contributed by atoms with Crippen LogP contribution in [0.1, 0.15) is 77.1 Å². The van der Waals surface area contributed by atoms with Crippen molar-refractivity contribution < 1.29 is 14.3 Å². The maximum atomic E-state index is 12.9. The molecule has 0 saturated heterocycles. The molecule has 6 heteroatoms. The van der Waals surface area contributed by atoms with Crippen LogP contribution in [0.3, 0.4) is 0 Å². The summed E-state index contributed by atoms with van der Waals surface area (Å²) in [5, 5.41) is 7.37. The third kappa shape index (κ3) is 6.51. The Morgan fingerprint density at radius 1 is 1.10 bits per heavy atom. The van der Waals surface area contributed by atoms with Crippen molar-refractivity contribution in [3.63, 3.8) is 0 Å². The van der Waals surface area contributed by atoms with Gasteiger partial charge in [0.05, 0.1) is 13.7 Å². The molecule has 1 amide bonds. The van der Waals surface area contributed by atoms with Crippen molar-refractivity contribution in [3.8, 4) is 11.6 Å². The molecule has 0 radical (unpaired) electrons. The van der Waals surface area contributed by atoms with E-state index in [2.05, 4.69) is 24.5 Å². The summed E-state index contributed by atoms with van der Waals surface area (Å²) >= 11 is 0. The van der Waals surface area contributed by atoms with E-state index in [1.165, 1.54) is 0 Å². The van der Waals surface area contributed by atoms with Gasteiger partial charge in [-0.25, -0.2) is 4.98 Å². The minimum Gasteiger partial charge on any atom is -0.495 e. The molecule has 0 bridgehead atoms. The molecule has 0 spiro atoms. The summed E-state index contributed by atoms with van der Waals surface area (Å²) < 4.78 is 11.5. The number of nitrogens with one attached hydrogen (secondary N) is 2. The molecule has 0 fully saturated rings. The van der Waals surface area contributed by atoms with Gasteiger partial charge in [-0.05, 0) is 51.8 Å². The zero-order valence-corrected chi connectivity index (χ0v) is 19.4. The number of amides is 1. The van der Waals surface area contributed by atoms with Crippen LogP contribution in [0.4, 0.5) is 5.69 Å². The monoisotopic (exact) mass is 415 g/mol. The van der Waals surface area contributed by atoms with Crippen molar-refractivity contribution in [3.05, 3.63) is 23.8 Å². The van der Waals surface area contributed by atoms with Crippen molar-refractivity contribution in [2.24, 2.45) is 0 Å². The maximum absolute atomic E-state index is 12.9. The molecular formula is C24H37N3O3. The van der Waals surface area contributed by atoms with Gasteiger partial charge in [0, 0.05) is 17.5 Å². The lowest BCUT2D eigenvalue weighted by atomic mass is 10.1. The predicted molar refractivity (Wildman–Crippen MR) is 124 cm³/mol. The van der Waals surface area contributed by atoms with Gasteiger partial charge in [-0.2, -0.15) is 0 Å². The highest BCUT2D eigenvalue weighted by Crippen LogP contribution is 2.35. The average molecular weight is 416 g/mol. The molecule has 30 heavy (non-hydrogen) atoms. The molecule has 166 valence electrons. The predicted octanol–water partition coefficient (Wildman–Crippen LogP) is 5.55. The number of benzene rings is 1. The molecule has 2 aromatic rings. The van der Waals surface area contributed by atoms with Gasteiger partial charge in [-0.15, -0.1) is 0 Å². The molecule has 1 aromatic heterocycles. The summed E-state index contributed by atoms with van der Waals surface area (Å²) in [6, 6.07) is 5.71. The Morgan fingerprint density at radius 2 is 1.83 bits per heavy atom. The van der Waals surface area contributed by atoms with Crippen LogP contribution in [0.2, 0.25) is 0 Å². The first kappa shape index (κ1) is 23.8. The van der Waals surface area contributed by atoms with E-state index < -0.39 is 0 Å². The van der Waals surface area contributed by atoms with E-state index in [9.17, 15) is 4.79 Å². The fourth-order valence-electron chi connectivity index (χ4n) is 3.13. The number of hydrogen-bond donors (Lipinski definition) is 2. The molecule has 1 aromatic carbocycles. The van der Waals surface area contributed by atoms with Gasteiger partial charge in [0.2, 0.25) is 5.88 Å². The number of unbranched alkanes of at least 4 members (excludes halogenated alkanes) is 3. The number of ether oxygens (including phenoxy) is 2. The van der Waals surface area contributed by atoms with E-state index in [0.29, 0.717) is 18.1 Å². The van der Waals surface area contributed by atoms with Crippen molar-refractivity contribution in [2.45, 2.75) is 72.3 Å². The summed E-state index contributed by atoms with van der Waals surface area (Å²) in [5.74, 6) is 0.914. The first-order valence-corrected chi connectivity index (χ1v) is 11.0. The Bertz CT molecular complexity index is 844. The van der Waals surface area contributed by atoms with Gasteiger partial charge in [0.25, 0.3) is 5.91 Å². The van der Waals surface area contributed by atoms with Gasteiger partial charge < -0.3 is 20.1 Å². The average Bonchev–Trinajstić information content (AvgIpc) is 2.69.